The van der Waals surface area contributed by atoms with Gasteiger partial charge in [0.25, 0.3) is 10.0 Å². The van der Waals surface area contributed by atoms with Gasteiger partial charge in [0.1, 0.15) is 0 Å². The molecule has 1 aliphatic rings. The second-order valence-electron chi connectivity index (χ2n) is 6.34. The van der Waals surface area contributed by atoms with Crippen LogP contribution in [0.2, 0.25) is 0 Å². The Balaban J connectivity index is 1.47. The van der Waals surface area contributed by atoms with Crippen LogP contribution in [-0.2, 0) is 14.8 Å². The Morgan fingerprint density at radius 2 is 1.74 bits per heavy atom. The van der Waals surface area contributed by atoms with E-state index in [1.807, 2.05) is 48.5 Å². The molecule has 0 atom stereocenters. The number of benzene rings is 3. The zero-order valence-electron chi connectivity index (χ0n) is 14.4. The molecule has 0 saturated carbocycles. The Bertz CT molecular complexity index is 1140. The van der Waals surface area contributed by atoms with Crippen molar-refractivity contribution in [2.75, 3.05) is 16.2 Å². The van der Waals surface area contributed by atoms with E-state index >= 15 is 0 Å². The van der Waals surface area contributed by atoms with Crippen LogP contribution < -0.4 is 9.62 Å². The molecule has 0 aromatic heterocycles. The smallest absolute Gasteiger partial charge is 0.265 e. The summed E-state index contributed by atoms with van der Waals surface area (Å²) < 4.78 is 28.0. The van der Waals surface area contributed by atoms with Gasteiger partial charge >= 0.3 is 0 Å². The topological polar surface area (TPSA) is 66.5 Å². The Morgan fingerprint density at radius 3 is 2.52 bits per heavy atom. The Labute approximate surface area is 166 Å². The Morgan fingerprint density at radius 1 is 1.00 bits per heavy atom. The van der Waals surface area contributed by atoms with E-state index in [0.29, 0.717) is 22.7 Å². The van der Waals surface area contributed by atoms with Gasteiger partial charge in [0, 0.05) is 22.8 Å². The van der Waals surface area contributed by atoms with E-state index in [9.17, 15) is 13.2 Å². The number of carbonyl (C=O) groups excluding carboxylic acids is 1. The number of hydrogen-bond donors (Lipinski definition) is 1. The van der Waals surface area contributed by atoms with E-state index < -0.39 is 10.0 Å². The average molecular weight is 445 g/mol. The number of amides is 1. The molecule has 1 heterocycles. The predicted octanol–water partition coefficient (Wildman–Crippen LogP) is 4.53. The van der Waals surface area contributed by atoms with E-state index in [1.165, 1.54) is 4.31 Å². The molecule has 0 fully saturated rings. The zero-order valence-corrected chi connectivity index (χ0v) is 16.8. The van der Waals surface area contributed by atoms with Crippen LogP contribution in [-0.4, -0.2) is 20.9 Å². The van der Waals surface area contributed by atoms with Crippen molar-refractivity contribution in [1.29, 1.82) is 0 Å². The first-order valence-electron chi connectivity index (χ1n) is 8.57. The maximum Gasteiger partial charge on any atom is 0.265 e. The third-order valence-corrected chi connectivity index (χ3v) is 7.14. The van der Waals surface area contributed by atoms with Crippen molar-refractivity contribution < 1.29 is 13.2 Å². The van der Waals surface area contributed by atoms with Crippen molar-refractivity contribution in [3.63, 3.8) is 0 Å². The molecule has 0 unspecified atom stereocenters. The summed E-state index contributed by atoms with van der Waals surface area (Å²) in [5.74, 6) is -0.144. The molecule has 3 aromatic carbocycles. The molecule has 1 aliphatic heterocycles. The van der Waals surface area contributed by atoms with Crippen LogP contribution in [0.4, 0.5) is 11.4 Å². The zero-order chi connectivity index (χ0) is 19.0. The van der Waals surface area contributed by atoms with Crippen molar-refractivity contribution in [2.45, 2.75) is 17.7 Å². The summed E-state index contributed by atoms with van der Waals surface area (Å²) >= 11 is 3.39. The lowest BCUT2D eigenvalue weighted by molar-refractivity contribution is -0.116. The molecular formula is C20H17BrN2O3S. The second-order valence-corrected chi connectivity index (χ2v) is 9.03. The summed E-state index contributed by atoms with van der Waals surface area (Å²) in [5.41, 5.74) is 1.39. The standard InChI is InChI=1S/C20H17BrN2O3S/c21-15-8-1-2-9-16(15)22-19(24)12-5-13-23-17-10-3-6-14-7-4-11-18(20(14)17)27(23,25)26/h1-4,6-11H,5,12-13H2,(H,22,24). The number of rotatable bonds is 5. The first-order valence-corrected chi connectivity index (χ1v) is 10.8. The van der Waals surface area contributed by atoms with Crippen LogP contribution in [0.1, 0.15) is 12.8 Å². The Hall–Kier alpha value is -2.38. The second kappa shape index (κ2) is 6.98. The van der Waals surface area contributed by atoms with Gasteiger partial charge in [-0.1, -0.05) is 36.4 Å². The minimum Gasteiger partial charge on any atom is -0.325 e. The van der Waals surface area contributed by atoms with Gasteiger partial charge in [0.15, 0.2) is 0 Å². The lowest BCUT2D eigenvalue weighted by Crippen LogP contribution is -2.29. The molecule has 1 N–H and O–H groups in total. The van der Waals surface area contributed by atoms with Gasteiger partial charge in [-0.15, -0.1) is 0 Å². The van der Waals surface area contributed by atoms with Crippen molar-refractivity contribution >= 4 is 54.0 Å². The molecule has 0 spiro atoms. The minimum atomic E-state index is -3.57. The lowest BCUT2D eigenvalue weighted by atomic mass is 10.1. The molecule has 1 amide bonds. The SMILES string of the molecule is O=C(CCCN1c2cccc3cccc(c23)S1(=O)=O)Nc1ccccc1Br. The number of carbonyl (C=O) groups is 1. The molecule has 0 saturated heterocycles. The summed E-state index contributed by atoms with van der Waals surface area (Å²) in [7, 11) is -3.57. The van der Waals surface area contributed by atoms with Crippen LogP contribution in [0.15, 0.2) is 70.0 Å². The van der Waals surface area contributed by atoms with E-state index in [2.05, 4.69) is 21.2 Å². The fourth-order valence-electron chi connectivity index (χ4n) is 3.36. The maximum atomic E-state index is 12.9. The summed E-state index contributed by atoms with van der Waals surface area (Å²) in [6, 6.07) is 18.3. The molecule has 0 bridgehead atoms. The third kappa shape index (κ3) is 3.21. The lowest BCUT2D eigenvalue weighted by Gasteiger charge is -2.18. The summed E-state index contributed by atoms with van der Waals surface area (Å²) in [6.45, 7) is 0.263. The summed E-state index contributed by atoms with van der Waals surface area (Å²) in [5, 5.41) is 4.51. The van der Waals surface area contributed by atoms with Crippen molar-refractivity contribution in [1.82, 2.24) is 0 Å². The number of nitrogens with zero attached hydrogens (tertiary/aromatic N) is 1. The van der Waals surface area contributed by atoms with Crippen molar-refractivity contribution in [2.24, 2.45) is 0 Å². The summed E-state index contributed by atoms with van der Waals surface area (Å²) in [4.78, 5) is 12.5. The molecule has 4 rings (SSSR count). The van der Waals surface area contributed by atoms with Gasteiger partial charge < -0.3 is 5.32 Å². The molecule has 7 heteroatoms. The number of hydrogen-bond acceptors (Lipinski definition) is 3. The van der Waals surface area contributed by atoms with E-state index in [1.54, 1.807) is 12.1 Å². The highest BCUT2D eigenvalue weighted by Gasteiger charge is 2.34. The van der Waals surface area contributed by atoms with Crippen LogP contribution in [0.3, 0.4) is 0 Å². The fourth-order valence-corrected chi connectivity index (χ4v) is 5.49. The molecule has 138 valence electrons. The molecule has 3 aromatic rings. The van der Waals surface area contributed by atoms with Gasteiger partial charge in [0.05, 0.1) is 16.3 Å². The molecular weight excluding hydrogens is 428 g/mol. The number of sulfonamides is 1. The van der Waals surface area contributed by atoms with Crippen LogP contribution in [0.5, 0.6) is 0 Å². The number of halogens is 1. The summed E-state index contributed by atoms with van der Waals surface area (Å²) in [6.07, 6.45) is 0.666. The first kappa shape index (κ1) is 18.0. The van der Waals surface area contributed by atoms with Gasteiger partial charge in [-0.2, -0.15) is 0 Å². The van der Waals surface area contributed by atoms with Gasteiger partial charge in [-0.3, -0.25) is 9.10 Å². The molecule has 5 nitrogen and oxygen atoms in total. The number of para-hydroxylation sites is 1. The average Bonchev–Trinajstić information content (AvgIpc) is 2.87. The van der Waals surface area contributed by atoms with Crippen LogP contribution in [0.25, 0.3) is 10.8 Å². The van der Waals surface area contributed by atoms with Gasteiger partial charge in [-0.05, 0) is 52.0 Å². The first-order chi connectivity index (χ1) is 13.0. The third-order valence-electron chi connectivity index (χ3n) is 4.59. The van der Waals surface area contributed by atoms with Crippen molar-refractivity contribution in [3.8, 4) is 0 Å². The Kier molecular flexibility index (Phi) is 4.65. The number of nitrogens with one attached hydrogen (secondary N) is 1. The monoisotopic (exact) mass is 444 g/mol. The highest BCUT2D eigenvalue weighted by Crippen LogP contribution is 2.41. The van der Waals surface area contributed by atoms with E-state index in [0.717, 1.165) is 15.2 Å². The predicted molar refractivity (Wildman–Crippen MR) is 110 cm³/mol. The van der Waals surface area contributed by atoms with Crippen molar-refractivity contribution in [3.05, 3.63) is 65.1 Å². The van der Waals surface area contributed by atoms with Gasteiger partial charge in [0.2, 0.25) is 5.91 Å². The highest BCUT2D eigenvalue weighted by molar-refractivity contribution is 9.10. The van der Waals surface area contributed by atoms with E-state index in [-0.39, 0.29) is 18.9 Å². The highest BCUT2D eigenvalue weighted by atomic mass is 79.9. The van der Waals surface area contributed by atoms with Crippen LogP contribution in [0, 0.1) is 0 Å². The molecule has 27 heavy (non-hydrogen) atoms. The largest absolute Gasteiger partial charge is 0.325 e. The normalized spacial score (nSPS) is 14.5. The molecule has 0 aliphatic carbocycles. The fraction of sp³-hybridized carbons (Fsp3) is 0.150. The number of anilines is 2. The maximum absolute atomic E-state index is 12.9. The minimum absolute atomic E-state index is 0.144. The quantitative estimate of drug-likeness (QED) is 0.628. The van der Waals surface area contributed by atoms with Crippen LogP contribution >= 0.6 is 15.9 Å². The molecule has 0 radical (unpaired) electrons. The van der Waals surface area contributed by atoms with Gasteiger partial charge in [-0.25, -0.2) is 8.42 Å². The van der Waals surface area contributed by atoms with E-state index in [4.69, 9.17) is 0 Å².